The molecule has 0 spiro atoms. The first-order valence-corrected chi connectivity index (χ1v) is 11.0. The van der Waals surface area contributed by atoms with Crippen LogP contribution in [0, 0.1) is 6.92 Å². The number of aryl methyl sites for hydroxylation is 1. The number of carboxylic acids is 1. The molecule has 2 amide bonds. The normalized spacial score (nSPS) is 20.6. The van der Waals surface area contributed by atoms with Gasteiger partial charge in [-0.2, -0.15) is 4.80 Å². The van der Waals surface area contributed by atoms with Gasteiger partial charge in [-0.15, -0.1) is 33.3 Å². The maximum absolute atomic E-state index is 12.8. The van der Waals surface area contributed by atoms with E-state index in [2.05, 4.69) is 30.9 Å². The molecule has 14 nitrogen and oxygen atoms in total. The van der Waals surface area contributed by atoms with E-state index in [0.29, 0.717) is 17.2 Å². The Morgan fingerprint density at radius 2 is 2.25 bits per heavy atom. The fourth-order valence-corrected chi connectivity index (χ4v) is 5.15. The zero-order chi connectivity index (χ0) is 23.0. The Hall–Kier alpha value is -3.53. The Bertz CT molecular complexity index is 1160. The summed E-state index contributed by atoms with van der Waals surface area (Å²) in [4.78, 5) is 48.7. The molecule has 2 aromatic rings. The lowest BCUT2D eigenvalue weighted by Crippen LogP contribution is -2.71. The zero-order valence-electron chi connectivity index (χ0n) is 16.8. The summed E-state index contributed by atoms with van der Waals surface area (Å²) < 4.78 is 0. The predicted molar refractivity (Wildman–Crippen MR) is 112 cm³/mol. The molecule has 2 aliphatic heterocycles. The van der Waals surface area contributed by atoms with E-state index in [1.54, 1.807) is 6.92 Å². The number of amides is 2. The lowest BCUT2D eigenvalue weighted by atomic mass is 10.0. The molecular formula is C16H17N9O5S2. The highest BCUT2D eigenvalue weighted by molar-refractivity contribution is 8.00. The SMILES string of the molecule is CO/N=C(\C(=O)NC1C(=O)N2C(C(=O)O)=C(Cn3nnc(C)n3)CSC12)c1csc(N)n1. The van der Waals surface area contributed by atoms with Gasteiger partial charge in [0.15, 0.2) is 16.7 Å². The maximum Gasteiger partial charge on any atom is 0.352 e. The van der Waals surface area contributed by atoms with Crippen LogP contribution in [-0.2, 0) is 25.8 Å². The topological polar surface area (TPSA) is 191 Å². The number of carbonyl (C=O) groups is 3. The predicted octanol–water partition coefficient (Wildman–Crippen LogP) is -1.19. The quantitative estimate of drug-likeness (QED) is 0.246. The first-order chi connectivity index (χ1) is 15.3. The molecule has 1 fully saturated rings. The summed E-state index contributed by atoms with van der Waals surface area (Å²) >= 11 is 2.44. The summed E-state index contributed by atoms with van der Waals surface area (Å²) in [6, 6.07) is -0.937. The molecule has 16 heteroatoms. The van der Waals surface area contributed by atoms with Gasteiger partial charge in [-0.05, 0) is 17.7 Å². The molecule has 2 unspecified atom stereocenters. The molecule has 0 aromatic carbocycles. The number of nitrogens with two attached hydrogens (primary N) is 1. The van der Waals surface area contributed by atoms with Crippen molar-refractivity contribution in [1.29, 1.82) is 0 Å². The van der Waals surface area contributed by atoms with Gasteiger partial charge in [0.1, 0.15) is 29.9 Å². The van der Waals surface area contributed by atoms with Crippen molar-refractivity contribution in [2.24, 2.45) is 5.16 Å². The molecule has 4 rings (SSSR count). The lowest BCUT2D eigenvalue weighted by Gasteiger charge is -2.49. The standard InChI is InChI=1S/C16H17N9O5S2/c1-6-20-23-24(21-6)3-7-4-31-14-10(13(27)25(14)11(7)15(28)29)19-12(26)9(22-30-2)8-5-32-16(17)18-8/h5,10,14H,3-4H2,1-2H3,(H2,17,18)(H,19,26)(H,28,29)/b22-9-. The van der Waals surface area contributed by atoms with Crippen molar-refractivity contribution >= 4 is 51.7 Å². The third kappa shape index (κ3) is 3.89. The van der Waals surface area contributed by atoms with Gasteiger partial charge in [-0.1, -0.05) is 5.16 Å². The summed E-state index contributed by atoms with van der Waals surface area (Å²) in [7, 11) is 1.27. The largest absolute Gasteiger partial charge is 0.477 e. The summed E-state index contributed by atoms with van der Waals surface area (Å²) in [5.74, 6) is -1.74. The van der Waals surface area contributed by atoms with Crippen molar-refractivity contribution in [2.75, 3.05) is 18.6 Å². The van der Waals surface area contributed by atoms with Crippen molar-refractivity contribution in [3.8, 4) is 0 Å². The van der Waals surface area contributed by atoms with Crippen LogP contribution in [0.3, 0.4) is 0 Å². The van der Waals surface area contributed by atoms with Crippen molar-refractivity contribution in [3.63, 3.8) is 0 Å². The third-order valence-corrected chi connectivity index (χ3v) is 6.60. The Balaban J connectivity index is 1.53. The van der Waals surface area contributed by atoms with E-state index in [9.17, 15) is 19.5 Å². The number of aliphatic carboxylic acids is 1. The van der Waals surface area contributed by atoms with Crippen molar-refractivity contribution < 1.29 is 24.3 Å². The van der Waals surface area contributed by atoms with Gasteiger partial charge in [0.25, 0.3) is 11.8 Å². The summed E-state index contributed by atoms with van der Waals surface area (Å²) in [5.41, 5.74) is 6.00. The first kappa shape index (κ1) is 21.7. The number of hydrogen-bond acceptors (Lipinski definition) is 12. The van der Waals surface area contributed by atoms with E-state index in [0.717, 1.165) is 16.2 Å². The summed E-state index contributed by atoms with van der Waals surface area (Å²) in [5, 5.41) is 28.9. The number of rotatable bonds is 7. The average molecular weight is 480 g/mol. The van der Waals surface area contributed by atoms with Crippen LogP contribution in [0.25, 0.3) is 0 Å². The molecule has 1 saturated heterocycles. The number of β-lactam (4-membered cyclic amide) rings is 1. The Kier molecular flexibility index (Phi) is 5.79. The molecule has 0 aliphatic carbocycles. The number of thioether (sulfide) groups is 1. The number of nitrogens with zero attached hydrogens (tertiary/aromatic N) is 7. The number of aromatic nitrogens is 5. The Labute approximate surface area is 188 Å². The molecular weight excluding hydrogens is 462 g/mol. The van der Waals surface area contributed by atoms with Gasteiger partial charge in [-0.25, -0.2) is 9.78 Å². The van der Waals surface area contributed by atoms with E-state index >= 15 is 0 Å². The van der Waals surface area contributed by atoms with Crippen LogP contribution < -0.4 is 11.1 Å². The van der Waals surface area contributed by atoms with E-state index in [-0.39, 0.29) is 28.8 Å². The highest BCUT2D eigenvalue weighted by Gasteiger charge is 2.54. The zero-order valence-corrected chi connectivity index (χ0v) is 18.4. The first-order valence-electron chi connectivity index (χ1n) is 9.08. The van der Waals surface area contributed by atoms with Crippen LogP contribution in [0.1, 0.15) is 11.5 Å². The minimum absolute atomic E-state index is 0.0822. The van der Waals surface area contributed by atoms with E-state index in [4.69, 9.17) is 10.6 Å². The van der Waals surface area contributed by atoms with Crippen molar-refractivity contribution in [2.45, 2.75) is 24.9 Å². The Morgan fingerprint density at radius 1 is 1.47 bits per heavy atom. The number of nitrogens with one attached hydrogen (secondary N) is 1. The average Bonchev–Trinajstić information content (AvgIpc) is 3.37. The fraction of sp³-hybridized carbons (Fsp3) is 0.375. The molecule has 32 heavy (non-hydrogen) atoms. The van der Waals surface area contributed by atoms with Crippen molar-refractivity contribution in [1.82, 2.24) is 35.4 Å². The number of hydrogen-bond donors (Lipinski definition) is 3. The van der Waals surface area contributed by atoms with Crippen LogP contribution in [-0.4, -0.2) is 83.0 Å². The molecule has 2 atom stereocenters. The highest BCUT2D eigenvalue weighted by atomic mass is 32.2. The number of anilines is 1. The van der Waals surface area contributed by atoms with Gasteiger partial charge in [0.05, 0.1) is 6.54 Å². The minimum atomic E-state index is -1.25. The number of oxime groups is 1. The lowest BCUT2D eigenvalue weighted by molar-refractivity contribution is -0.150. The number of fused-ring (bicyclic) bond motifs is 1. The molecule has 0 radical (unpaired) electrons. The second kappa shape index (κ2) is 8.54. The van der Waals surface area contributed by atoms with E-state index in [1.807, 2.05) is 0 Å². The van der Waals surface area contributed by atoms with Gasteiger partial charge in [0, 0.05) is 11.1 Å². The van der Waals surface area contributed by atoms with E-state index < -0.39 is 29.2 Å². The summed E-state index contributed by atoms with van der Waals surface area (Å²) in [6.07, 6.45) is 0. The summed E-state index contributed by atoms with van der Waals surface area (Å²) in [6.45, 7) is 1.74. The molecule has 2 aliphatic rings. The second-order valence-corrected chi connectivity index (χ2v) is 8.67. The van der Waals surface area contributed by atoms with Gasteiger partial charge in [0.2, 0.25) is 0 Å². The van der Waals surface area contributed by atoms with Gasteiger partial charge < -0.3 is 21.0 Å². The van der Waals surface area contributed by atoms with Crippen LogP contribution in [0.15, 0.2) is 21.8 Å². The van der Waals surface area contributed by atoms with Gasteiger partial charge in [-0.3, -0.25) is 14.5 Å². The molecule has 4 N–H and O–H groups in total. The second-order valence-electron chi connectivity index (χ2n) is 6.68. The smallest absolute Gasteiger partial charge is 0.352 e. The Morgan fingerprint density at radius 3 is 2.84 bits per heavy atom. The molecule has 4 heterocycles. The fourth-order valence-electron chi connectivity index (χ4n) is 3.27. The maximum atomic E-state index is 12.8. The number of carboxylic acid groups (broad SMARTS) is 1. The molecule has 2 aromatic heterocycles. The molecule has 168 valence electrons. The van der Waals surface area contributed by atoms with Crippen LogP contribution in [0.4, 0.5) is 5.13 Å². The van der Waals surface area contributed by atoms with Crippen LogP contribution in [0.5, 0.6) is 0 Å². The number of tetrazole rings is 1. The highest BCUT2D eigenvalue weighted by Crippen LogP contribution is 2.40. The van der Waals surface area contributed by atoms with E-state index in [1.165, 1.54) is 29.0 Å². The number of nitrogen functional groups attached to an aromatic ring is 1. The molecule has 0 bridgehead atoms. The third-order valence-electron chi connectivity index (χ3n) is 4.58. The van der Waals surface area contributed by atoms with Crippen molar-refractivity contribution in [3.05, 3.63) is 28.2 Å². The van der Waals surface area contributed by atoms with Crippen LogP contribution >= 0.6 is 23.1 Å². The minimum Gasteiger partial charge on any atom is -0.477 e. The van der Waals surface area contributed by atoms with Gasteiger partial charge >= 0.3 is 5.97 Å². The molecule has 0 saturated carbocycles. The number of thiazole rings is 1. The monoisotopic (exact) mass is 479 g/mol. The number of carbonyl (C=O) groups excluding carboxylic acids is 2. The van der Waals surface area contributed by atoms with Crippen LogP contribution in [0.2, 0.25) is 0 Å².